The van der Waals surface area contributed by atoms with E-state index in [0.717, 1.165) is 5.75 Å². The van der Waals surface area contributed by atoms with Gasteiger partial charge in [-0.25, -0.2) is 8.42 Å². The maximum Gasteiger partial charge on any atom is 0.243 e. The Labute approximate surface area is 146 Å². The van der Waals surface area contributed by atoms with Crippen LogP contribution in [0.25, 0.3) is 0 Å². The monoisotopic (exact) mass is 368 g/mol. The van der Waals surface area contributed by atoms with Gasteiger partial charge in [-0.3, -0.25) is 9.59 Å². The molecule has 2 fully saturated rings. The Morgan fingerprint density at radius 1 is 1.21 bits per heavy atom. The molecule has 0 spiro atoms. The third kappa shape index (κ3) is 3.65. The molecule has 2 saturated heterocycles. The van der Waals surface area contributed by atoms with Crippen molar-refractivity contribution in [3.63, 3.8) is 0 Å². The minimum Gasteiger partial charge on any atom is -0.345 e. The molecule has 1 N–H and O–H groups in total. The van der Waals surface area contributed by atoms with E-state index in [1.807, 2.05) is 0 Å². The molecule has 6 nitrogen and oxygen atoms in total. The molecule has 1 aromatic rings. The smallest absolute Gasteiger partial charge is 0.243 e. The lowest BCUT2D eigenvalue weighted by Crippen LogP contribution is -2.48. The average molecular weight is 368 g/mol. The molecule has 2 aliphatic rings. The molecule has 0 aromatic heterocycles. The van der Waals surface area contributed by atoms with E-state index in [4.69, 9.17) is 0 Å². The third-order valence-electron chi connectivity index (χ3n) is 4.39. The van der Waals surface area contributed by atoms with Crippen LogP contribution in [-0.4, -0.2) is 48.6 Å². The van der Waals surface area contributed by atoms with Gasteiger partial charge in [-0.05, 0) is 31.4 Å². The predicted molar refractivity (Wildman–Crippen MR) is 91.9 cm³/mol. The zero-order valence-electron chi connectivity index (χ0n) is 13.2. The molecule has 2 heterocycles. The summed E-state index contributed by atoms with van der Waals surface area (Å²) in [7, 11) is -3.58. The molecule has 2 atom stereocenters. The zero-order valence-corrected chi connectivity index (χ0v) is 14.8. The lowest BCUT2D eigenvalue weighted by Gasteiger charge is -2.31. The summed E-state index contributed by atoms with van der Waals surface area (Å²) in [5.74, 6) is 0.0996. The number of rotatable bonds is 4. The SMILES string of the molecule is O=C(N[C@H]1CCSC1=O)[C@H]1CCCN(S(=O)(=O)c2ccccc2)C1. The Balaban J connectivity index is 1.68. The Hall–Kier alpha value is -1.38. The van der Waals surface area contributed by atoms with Crippen molar-refractivity contribution in [2.75, 3.05) is 18.8 Å². The fraction of sp³-hybridized carbons (Fsp3) is 0.500. The number of hydrogen-bond donors (Lipinski definition) is 1. The van der Waals surface area contributed by atoms with Gasteiger partial charge in [0.15, 0.2) is 0 Å². The van der Waals surface area contributed by atoms with Crippen LogP contribution in [0.3, 0.4) is 0 Å². The van der Waals surface area contributed by atoms with Gasteiger partial charge in [0.2, 0.25) is 21.0 Å². The van der Waals surface area contributed by atoms with Crippen LogP contribution in [0, 0.1) is 5.92 Å². The molecule has 130 valence electrons. The number of carbonyl (C=O) groups excluding carboxylic acids is 2. The Morgan fingerprint density at radius 2 is 1.96 bits per heavy atom. The summed E-state index contributed by atoms with van der Waals surface area (Å²) in [5.41, 5.74) is 0. The number of hydrogen-bond acceptors (Lipinski definition) is 5. The summed E-state index contributed by atoms with van der Waals surface area (Å²) in [6.07, 6.45) is 1.92. The van der Waals surface area contributed by atoms with E-state index in [-0.39, 0.29) is 22.5 Å². The molecule has 0 radical (unpaired) electrons. The number of carbonyl (C=O) groups is 2. The molecule has 3 rings (SSSR count). The first kappa shape index (κ1) is 17.4. The largest absolute Gasteiger partial charge is 0.345 e. The van der Waals surface area contributed by atoms with Crippen molar-refractivity contribution in [3.8, 4) is 0 Å². The normalized spacial score (nSPS) is 25.6. The number of amides is 1. The number of sulfonamides is 1. The highest BCUT2D eigenvalue weighted by molar-refractivity contribution is 8.14. The fourth-order valence-electron chi connectivity index (χ4n) is 3.03. The summed E-state index contributed by atoms with van der Waals surface area (Å²) in [4.78, 5) is 24.3. The molecule has 1 aromatic carbocycles. The molecular formula is C16H20N2O4S2. The van der Waals surface area contributed by atoms with Crippen LogP contribution in [0.5, 0.6) is 0 Å². The standard InChI is InChI=1S/C16H20N2O4S2/c19-15(17-14-8-10-23-16(14)20)12-5-4-9-18(11-12)24(21,22)13-6-2-1-3-7-13/h1-3,6-7,12,14H,4-5,8-11H2,(H,17,19)/t12-,14-/m0/s1. The van der Waals surface area contributed by atoms with Crippen LogP contribution in [0.15, 0.2) is 35.2 Å². The van der Waals surface area contributed by atoms with Gasteiger partial charge in [0, 0.05) is 18.8 Å². The second kappa shape index (κ2) is 7.25. The summed E-state index contributed by atoms with van der Waals surface area (Å²) >= 11 is 1.24. The average Bonchev–Trinajstić information content (AvgIpc) is 3.00. The minimum absolute atomic E-state index is 0.00655. The van der Waals surface area contributed by atoms with Gasteiger partial charge < -0.3 is 5.32 Å². The molecule has 2 aliphatic heterocycles. The maximum absolute atomic E-state index is 12.7. The van der Waals surface area contributed by atoms with E-state index >= 15 is 0 Å². The van der Waals surface area contributed by atoms with Crippen LogP contribution in [0.1, 0.15) is 19.3 Å². The third-order valence-corrected chi connectivity index (χ3v) is 7.28. The van der Waals surface area contributed by atoms with Crippen LogP contribution < -0.4 is 5.32 Å². The second-order valence-corrected chi connectivity index (χ2v) is 9.07. The van der Waals surface area contributed by atoms with E-state index in [1.165, 1.54) is 16.1 Å². The van der Waals surface area contributed by atoms with Gasteiger partial charge in [0.1, 0.15) is 0 Å². The number of nitrogens with zero attached hydrogens (tertiary/aromatic N) is 1. The van der Waals surface area contributed by atoms with Crippen molar-refractivity contribution in [2.45, 2.75) is 30.2 Å². The fourth-order valence-corrected chi connectivity index (χ4v) is 5.51. The first-order valence-corrected chi connectivity index (χ1v) is 10.4. The number of benzene rings is 1. The van der Waals surface area contributed by atoms with Gasteiger partial charge in [-0.2, -0.15) is 4.31 Å². The van der Waals surface area contributed by atoms with Crippen LogP contribution in [0.4, 0.5) is 0 Å². The maximum atomic E-state index is 12.7. The molecule has 0 bridgehead atoms. The highest BCUT2D eigenvalue weighted by Crippen LogP contribution is 2.25. The molecule has 0 aliphatic carbocycles. The van der Waals surface area contributed by atoms with E-state index < -0.39 is 22.0 Å². The van der Waals surface area contributed by atoms with Crippen molar-refractivity contribution < 1.29 is 18.0 Å². The second-order valence-electron chi connectivity index (χ2n) is 6.03. The van der Waals surface area contributed by atoms with Gasteiger partial charge in [-0.1, -0.05) is 30.0 Å². The summed E-state index contributed by atoms with van der Waals surface area (Å²) in [6, 6.07) is 7.83. The van der Waals surface area contributed by atoms with Crippen molar-refractivity contribution in [1.29, 1.82) is 0 Å². The molecular weight excluding hydrogens is 348 g/mol. The predicted octanol–water partition coefficient (Wildman–Crippen LogP) is 1.24. The van der Waals surface area contributed by atoms with E-state index in [9.17, 15) is 18.0 Å². The quantitative estimate of drug-likeness (QED) is 0.864. The number of nitrogens with one attached hydrogen (secondary N) is 1. The summed E-state index contributed by atoms with van der Waals surface area (Å²) in [6.45, 7) is 0.580. The van der Waals surface area contributed by atoms with Crippen molar-refractivity contribution >= 4 is 32.8 Å². The van der Waals surface area contributed by atoms with Gasteiger partial charge >= 0.3 is 0 Å². The van der Waals surface area contributed by atoms with Crippen molar-refractivity contribution in [1.82, 2.24) is 9.62 Å². The minimum atomic E-state index is -3.58. The Kier molecular flexibility index (Phi) is 5.27. The van der Waals surface area contributed by atoms with Crippen molar-refractivity contribution in [2.24, 2.45) is 5.92 Å². The van der Waals surface area contributed by atoms with Crippen LogP contribution >= 0.6 is 11.8 Å². The van der Waals surface area contributed by atoms with Crippen molar-refractivity contribution in [3.05, 3.63) is 30.3 Å². The van der Waals surface area contributed by atoms with Gasteiger partial charge in [0.05, 0.1) is 16.9 Å². The highest BCUT2D eigenvalue weighted by atomic mass is 32.2. The summed E-state index contributed by atoms with van der Waals surface area (Å²) < 4.78 is 26.8. The van der Waals surface area contributed by atoms with E-state index in [2.05, 4.69) is 5.32 Å². The molecule has 1 amide bonds. The first-order valence-electron chi connectivity index (χ1n) is 8.00. The number of thioether (sulfide) groups is 1. The molecule has 0 saturated carbocycles. The van der Waals surface area contributed by atoms with Gasteiger partial charge in [0.25, 0.3) is 0 Å². The highest BCUT2D eigenvalue weighted by Gasteiger charge is 2.35. The first-order chi connectivity index (χ1) is 11.5. The van der Waals surface area contributed by atoms with E-state index in [0.29, 0.717) is 25.8 Å². The Morgan fingerprint density at radius 3 is 2.62 bits per heavy atom. The van der Waals surface area contributed by atoms with Gasteiger partial charge in [-0.15, -0.1) is 0 Å². The zero-order chi connectivity index (χ0) is 17.2. The topological polar surface area (TPSA) is 83.6 Å². The lowest BCUT2D eigenvalue weighted by molar-refractivity contribution is -0.128. The Bertz CT molecular complexity index is 721. The van der Waals surface area contributed by atoms with E-state index in [1.54, 1.807) is 30.3 Å². The molecule has 8 heteroatoms. The summed E-state index contributed by atoms with van der Waals surface area (Å²) in [5, 5.41) is 2.77. The van der Waals surface area contributed by atoms with Crippen LogP contribution in [-0.2, 0) is 19.6 Å². The van der Waals surface area contributed by atoms with Crippen LogP contribution in [0.2, 0.25) is 0 Å². The lowest BCUT2D eigenvalue weighted by atomic mass is 9.98. The molecule has 0 unspecified atom stereocenters. The number of piperidine rings is 1. The molecule has 24 heavy (non-hydrogen) atoms.